The zero-order valence-electron chi connectivity index (χ0n) is 6.31. The minimum absolute atomic E-state index is 1.08. The molecule has 0 bridgehead atoms. The van der Waals surface area contributed by atoms with Crippen LogP contribution >= 0.6 is 0 Å². The predicted molar refractivity (Wildman–Crippen MR) is 45.2 cm³/mol. The van der Waals surface area contributed by atoms with Crippen molar-refractivity contribution in [1.82, 2.24) is 0 Å². The van der Waals surface area contributed by atoms with Crippen molar-refractivity contribution in [2.45, 2.75) is 0 Å². The van der Waals surface area contributed by atoms with Gasteiger partial charge in [0, 0.05) is 0 Å². The molecule has 0 aliphatic carbocycles. The third kappa shape index (κ3) is 4.82. The van der Waals surface area contributed by atoms with Crippen molar-refractivity contribution >= 4 is 12.3 Å². The number of hydrogen-bond acceptors (Lipinski definition) is 3. The summed E-state index contributed by atoms with van der Waals surface area (Å²) in [5.74, 6) is 0. The standard InChI is InChI=1S/C5H6N2.C2N3/c1-2-7-4-3-6-5-7;3-1-5-2-4/h2-5H,1H2;/q;-1/p+1. The highest BCUT2D eigenvalue weighted by atomic mass is 15.1. The second kappa shape index (κ2) is 7.09. The Morgan fingerprint density at radius 1 is 1.75 bits per heavy atom. The third-order valence-corrected chi connectivity index (χ3v) is 0.912. The Kier molecular flexibility index (Phi) is 5.90. The number of rotatable bonds is 1. The molecule has 0 amide bonds. The first kappa shape index (κ1) is 9.98. The van der Waals surface area contributed by atoms with E-state index in [1.54, 1.807) is 18.7 Å². The van der Waals surface area contributed by atoms with Crippen molar-refractivity contribution in [2.24, 2.45) is 9.98 Å². The summed E-state index contributed by atoms with van der Waals surface area (Å²) >= 11 is 0. The first-order chi connectivity index (χ1) is 5.85. The Morgan fingerprint density at radius 2 is 2.50 bits per heavy atom. The number of aliphatic imine (C=N–C) groups is 2. The van der Waals surface area contributed by atoms with Crippen LogP contribution in [0.5, 0.6) is 0 Å². The van der Waals surface area contributed by atoms with Gasteiger partial charge in [-0.3, -0.25) is 0 Å². The average molecular weight is 161 g/mol. The molecule has 0 aromatic rings. The SMILES string of the molecule is C=C[NH+]1C=CN=C1.N#CN=C=[N-]. The fourth-order valence-corrected chi connectivity index (χ4v) is 0.444. The highest BCUT2D eigenvalue weighted by Gasteiger charge is 1.95. The van der Waals surface area contributed by atoms with Crippen molar-refractivity contribution in [2.75, 3.05) is 0 Å². The molecule has 0 radical (unpaired) electrons. The lowest BCUT2D eigenvalue weighted by molar-refractivity contribution is -0.670. The molecular weight excluding hydrogens is 154 g/mol. The lowest BCUT2D eigenvalue weighted by atomic mass is 10.8. The van der Waals surface area contributed by atoms with Gasteiger partial charge in [-0.15, -0.1) is 6.01 Å². The van der Waals surface area contributed by atoms with Crippen LogP contribution < -0.4 is 4.90 Å². The molecule has 0 saturated carbocycles. The van der Waals surface area contributed by atoms with Crippen LogP contribution in [0.15, 0.2) is 35.2 Å². The van der Waals surface area contributed by atoms with Crippen LogP contribution in [0.3, 0.4) is 0 Å². The second-order valence-corrected chi connectivity index (χ2v) is 1.61. The summed E-state index contributed by atoms with van der Waals surface area (Å²) in [5, 5.41) is 14.9. The topological polar surface area (TPSA) is 75.2 Å². The fourth-order valence-electron chi connectivity index (χ4n) is 0.444. The predicted octanol–water partition coefficient (Wildman–Crippen LogP) is -0.261. The average Bonchev–Trinajstić information content (AvgIpc) is 2.58. The van der Waals surface area contributed by atoms with Crippen molar-refractivity contribution < 1.29 is 4.90 Å². The van der Waals surface area contributed by atoms with Crippen LogP contribution in [0.4, 0.5) is 0 Å². The smallest absolute Gasteiger partial charge is 0.197 e. The van der Waals surface area contributed by atoms with Gasteiger partial charge in [0.2, 0.25) is 0 Å². The normalized spacial score (nSPS) is 16.8. The molecule has 0 aromatic heterocycles. The second-order valence-electron chi connectivity index (χ2n) is 1.61. The molecule has 0 aromatic carbocycles. The molecule has 1 aliphatic rings. The van der Waals surface area contributed by atoms with E-state index in [9.17, 15) is 0 Å². The molecule has 5 heteroatoms. The molecule has 12 heavy (non-hydrogen) atoms. The summed E-state index contributed by atoms with van der Waals surface area (Å²) in [5.41, 5.74) is 0. The van der Waals surface area contributed by atoms with Gasteiger partial charge in [0.1, 0.15) is 6.20 Å². The van der Waals surface area contributed by atoms with Gasteiger partial charge in [0.05, 0.1) is 18.6 Å². The van der Waals surface area contributed by atoms with Crippen LogP contribution in [-0.2, 0) is 0 Å². The monoisotopic (exact) mass is 161 g/mol. The van der Waals surface area contributed by atoms with Crippen LogP contribution in [0.1, 0.15) is 0 Å². The lowest BCUT2D eigenvalue weighted by Gasteiger charge is -1.89. The molecule has 1 rings (SSSR count). The van der Waals surface area contributed by atoms with Crippen LogP contribution in [-0.4, -0.2) is 12.3 Å². The maximum Gasteiger partial charge on any atom is 0.197 e. The summed E-state index contributed by atoms with van der Waals surface area (Å²) in [7, 11) is 0. The highest BCUT2D eigenvalue weighted by Crippen LogP contribution is 1.68. The lowest BCUT2D eigenvalue weighted by Crippen LogP contribution is -3.00. The van der Waals surface area contributed by atoms with E-state index in [1.807, 2.05) is 6.20 Å². The Morgan fingerprint density at radius 3 is 2.67 bits per heavy atom. The van der Waals surface area contributed by atoms with Gasteiger partial charge in [-0.2, -0.15) is 5.26 Å². The van der Waals surface area contributed by atoms with Gasteiger partial charge in [-0.25, -0.2) is 9.89 Å². The van der Waals surface area contributed by atoms with Gasteiger partial charge >= 0.3 is 0 Å². The fraction of sp³-hybridized carbons (Fsp3) is 0. The number of nitrogens with one attached hydrogen (secondary N) is 1. The third-order valence-electron chi connectivity index (χ3n) is 0.912. The molecule has 1 N–H and O–H groups in total. The maximum absolute atomic E-state index is 7.43. The van der Waals surface area contributed by atoms with E-state index in [4.69, 9.17) is 10.7 Å². The summed E-state index contributed by atoms with van der Waals surface area (Å²) in [6.45, 7) is 3.56. The van der Waals surface area contributed by atoms with E-state index in [0.717, 1.165) is 4.90 Å². The molecule has 1 aliphatic heterocycles. The van der Waals surface area contributed by atoms with E-state index in [0.29, 0.717) is 0 Å². The molecule has 1 atom stereocenters. The first-order valence-corrected chi connectivity index (χ1v) is 3.02. The zero-order chi connectivity index (χ0) is 9.23. The molecule has 5 nitrogen and oxygen atoms in total. The molecular formula is C7H7N5. The molecule has 60 valence electrons. The van der Waals surface area contributed by atoms with Crippen molar-refractivity contribution in [3.63, 3.8) is 0 Å². The van der Waals surface area contributed by atoms with Gasteiger partial charge in [0.25, 0.3) is 0 Å². The minimum Gasteiger partial charge on any atom is -0.422 e. The van der Waals surface area contributed by atoms with Crippen LogP contribution in [0.25, 0.3) is 5.41 Å². The minimum atomic E-state index is 1.08. The zero-order valence-corrected chi connectivity index (χ0v) is 6.31. The Labute approximate surface area is 70.2 Å². The Balaban J connectivity index is 0.000000217. The Hall–Kier alpha value is -2.02. The van der Waals surface area contributed by atoms with E-state index < -0.39 is 0 Å². The summed E-state index contributed by atoms with van der Waals surface area (Å²) in [6, 6.07) is 1.28. The van der Waals surface area contributed by atoms with E-state index in [2.05, 4.69) is 16.6 Å². The van der Waals surface area contributed by atoms with E-state index in [1.165, 1.54) is 12.2 Å². The van der Waals surface area contributed by atoms with Crippen molar-refractivity contribution in [3.05, 3.63) is 30.6 Å². The van der Waals surface area contributed by atoms with Crippen molar-refractivity contribution in [3.8, 4) is 6.19 Å². The Bertz CT molecular complexity index is 265. The molecule has 1 unspecified atom stereocenters. The first-order valence-electron chi connectivity index (χ1n) is 3.02. The number of nitriles is 1. The molecule has 1 heterocycles. The quantitative estimate of drug-likeness (QED) is 0.417. The van der Waals surface area contributed by atoms with E-state index >= 15 is 0 Å². The molecule has 0 saturated heterocycles. The number of nitrogens with zero attached hydrogens (tertiary/aromatic N) is 4. The van der Waals surface area contributed by atoms with Gasteiger partial charge in [-0.1, -0.05) is 0 Å². The van der Waals surface area contributed by atoms with Crippen LogP contribution in [0.2, 0.25) is 0 Å². The summed E-state index contributed by atoms with van der Waals surface area (Å²) in [4.78, 5) is 7.49. The number of hydrogen-bond donors (Lipinski definition) is 1. The van der Waals surface area contributed by atoms with Gasteiger partial charge in [-0.05, 0) is 6.58 Å². The van der Waals surface area contributed by atoms with Gasteiger partial charge in [0.15, 0.2) is 6.34 Å². The van der Waals surface area contributed by atoms with Crippen molar-refractivity contribution in [1.29, 1.82) is 5.26 Å². The van der Waals surface area contributed by atoms with Gasteiger partial charge < -0.3 is 10.4 Å². The maximum atomic E-state index is 7.43. The summed E-state index contributed by atoms with van der Waals surface area (Å²) in [6.07, 6.45) is 8.48. The number of quaternary nitrogens is 1. The largest absolute Gasteiger partial charge is 0.422 e. The highest BCUT2D eigenvalue weighted by molar-refractivity contribution is 5.48. The molecule has 0 spiro atoms. The van der Waals surface area contributed by atoms with E-state index in [-0.39, 0.29) is 0 Å². The van der Waals surface area contributed by atoms with Crippen LogP contribution in [0, 0.1) is 11.5 Å². The molecule has 0 fully saturated rings. The summed E-state index contributed by atoms with van der Waals surface area (Å²) < 4.78 is 0.